The van der Waals surface area contributed by atoms with Crippen molar-refractivity contribution in [3.63, 3.8) is 0 Å². The van der Waals surface area contributed by atoms with Gasteiger partial charge in [0.15, 0.2) is 16.6 Å². The van der Waals surface area contributed by atoms with E-state index in [1.165, 1.54) is 72.8 Å². The predicted molar refractivity (Wildman–Crippen MR) is 227 cm³/mol. The number of carbonyl (C=O) groups is 6. The summed E-state index contributed by atoms with van der Waals surface area (Å²) in [5.74, 6) is -3.81. The maximum atomic E-state index is 12.5. The van der Waals surface area contributed by atoms with Gasteiger partial charge in [0, 0.05) is 0 Å². The molecule has 0 fully saturated rings. The molecule has 0 heterocycles. The van der Waals surface area contributed by atoms with Gasteiger partial charge in [-0.3, -0.25) is 0 Å². The van der Waals surface area contributed by atoms with Gasteiger partial charge in [0.05, 0.1) is 46.6 Å². The number of rotatable bonds is 20. The Morgan fingerprint density at radius 2 is 0.483 bits per heavy atom. The summed E-state index contributed by atoms with van der Waals surface area (Å²) in [4.78, 5) is 74.7. The second-order valence-electron chi connectivity index (χ2n) is 16.8. The van der Waals surface area contributed by atoms with Crippen molar-refractivity contribution in [3.8, 4) is 0 Å². The van der Waals surface area contributed by atoms with Crippen LogP contribution in [0.4, 0.5) is 0 Å². The summed E-state index contributed by atoms with van der Waals surface area (Å²) in [6.07, 6.45) is 0. The zero-order chi connectivity index (χ0) is 44.7. The van der Waals surface area contributed by atoms with E-state index in [0.717, 1.165) is 0 Å². The summed E-state index contributed by atoms with van der Waals surface area (Å²) in [5, 5.41) is 0.0891. The highest BCUT2D eigenvalue weighted by Gasteiger charge is 2.38. The third-order valence-electron chi connectivity index (χ3n) is 10.3. The third kappa shape index (κ3) is 15.1. The van der Waals surface area contributed by atoms with Gasteiger partial charge in [-0.05, 0) is 109 Å². The van der Waals surface area contributed by atoms with Crippen LogP contribution in [0, 0.1) is 0 Å². The highest BCUT2D eigenvalue weighted by Crippen LogP contribution is 2.37. The van der Waals surface area contributed by atoms with E-state index >= 15 is 0 Å². The molecule has 0 aliphatic rings. The molecule has 0 atom stereocenters. The topological polar surface area (TPSA) is 176 Å². The molecule has 60 heavy (non-hydrogen) atoms. The van der Waals surface area contributed by atoms with Crippen LogP contribution in [0.2, 0.25) is 36.3 Å². The Morgan fingerprint density at radius 3 is 0.633 bits per heavy atom. The molecule has 0 radical (unpaired) electrons. The van der Waals surface area contributed by atoms with Gasteiger partial charge in [0.2, 0.25) is 0 Å². The minimum Gasteiger partial charge on any atom is -0.460 e. The van der Waals surface area contributed by atoms with Crippen molar-refractivity contribution in [1.82, 2.24) is 0 Å². The maximum absolute atomic E-state index is 12.5. The van der Waals surface area contributed by atoms with E-state index in [9.17, 15) is 28.8 Å². The molecule has 0 N–H and O–H groups in total. The zero-order valence-corrected chi connectivity index (χ0v) is 38.3. The molecule has 0 spiro atoms. The molecule has 0 aromatic heterocycles. The average molecular weight is 867 g/mol. The Bertz CT molecular complexity index is 1780. The van der Waals surface area contributed by atoms with Gasteiger partial charge >= 0.3 is 35.8 Å². The monoisotopic (exact) mass is 866 g/mol. The van der Waals surface area contributed by atoms with Gasteiger partial charge in [0.25, 0.3) is 0 Å². The van der Waals surface area contributed by atoms with Crippen molar-refractivity contribution >= 4 is 52.5 Å². The predicted octanol–water partition coefficient (Wildman–Crippen LogP) is 8.07. The normalized spacial score (nSPS) is 11.9. The van der Waals surface area contributed by atoms with Gasteiger partial charge in [0.1, 0.15) is 39.6 Å². The SMILES string of the molecule is CC(C)(C)[Si](C)(C)OCCOC(=O)c1ccc(C(=O)OCCOC(=O)c2ccc(C(=O)OCCOC(=O)c3ccc(C(=O)OCCO[Si](C)(C)C(C)(C)C)cc3)cc2)cc1. The molecule has 0 saturated carbocycles. The first-order chi connectivity index (χ1) is 28.0. The fraction of sp³-hybridized carbons (Fsp3) is 0.455. The Hall–Kier alpha value is -5.17. The van der Waals surface area contributed by atoms with Gasteiger partial charge in [-0.1, -0.05) is 41.5 Å². The second-order valence-corrected chi connectivity index (χ2v) is 26.4. The Kier molecular flexibility index (Phi) is 18.0. The number of esters is 6. The molecular formula is C44H58O14Si2. The number of hydrogen-bond acceptors (Lipinski definition) is 14. The van der Waals surface area contributed by atoms with Crippen molar-refractivity contribution in [2.75, 3.05) is 52.9 Å². The molecule has 0 aliphatic heterocycles. The van der Waals surface area contributed by atoms with Crippen LogP contribution in [0.15, 0.2) is 72.8 Å². The van der Waals surface area contributed by atoms with Crippen molar-refractivity contribution in [3.05, 3.63) is 106 Å². The quantitative estimate of drug-likeness (QED) is 0.0461. The number of hydrogen-bond donors (Lipinski definition) is 0. The zero-order valence-electron chi connectivity index (χ0n) is 36.3. The number of benzene rings is 3. The standard InChI is InChI=1S/C44H58O14Si2/c1-43(2,3)59(7,8)57-29-27-55-41(49)35-19-15-33(16-20-35)39(47)53-25-23-51-37(45)31-11-13-32(14-12-31)38(46)52-24-26-54-40(48)34-17-21-36(22-18-34)42(50)56-28-30-58-60(9,10)44(4,5)6/h11-22H,23-30H2,1-10H3. The lowest BCUT2D eigenvalue weighted by Crippen LogP contribution is -2.41. The average Bonchev–Trinajstić information content (AvgIpc) is 3.20. The first-order valence-electron chi connectivity index (χ1n) is 19.6. The summed E-state index contributed by atoms with van der Waals surface area (Å²) >= 11 is 0. The van der Waals surface area contributed by atoms with E-state index < -0.39 is 52.5 Å². The first-order valence-corrected chi connectivity index (χ1v) is 25.4. The fourth-order valence-corrected chi connectivity index (χ4v) is 6.61. The first kappa shape index (κ1) is 49.2. The van der Waals surface area contributed by atoms with Crippen LogP contribution in [0.1, 0.15) is 104 Å². The van der Waals surface area contributed by atoms with Crippen LogP contribution in [0.5, 0.6) is 0 Å². The molecular weight excluding hydrogens is 809 g/mol. The summed E-state index contributed by atoms with van der Waals surface area (Å²) in [6.45, 7) is 21.2. The van der Waals surface area contributed by atoms with Gasteiger partial charge < -0.3 is 37.3 Å². The molecule has 3 aromatic carbocycles. The van der Waals surface area contributed by atoms with E-state index in [0.29, 0.717) is 13.2 Å². The number of ether oxygens (including phenoxy) is 6. The summed E-state index contributed by atoms with van der Waals surface area (Å²) < 4.78 is 43.3. The van der Waals surface area contributed by atoms with E-state index in [1.54, 1.807) is 0 Å². The molecule has 14 nitrogen and oxygen atoms in total. The summed E-state index contributed by atoms with van der Waals surface area (Å²) in [6, 6.07) is 17.1. The smallest absolute Gasteiger partial charge is 0.338 e. The van der Waals surface area contributed by atoms with E-state index in [4.69, 9.17) is 37.3 Å². The lowest BCUT2D eigenvalue weighted by Gasteiger charge is -2.36. The Morgan fingerprint density at radius 1 is 0.333 bits per heavy atom. The third-order valence-corrected chi connectivity index (χ3v) is 19.4. The maximum Gasteiger partial charge on any atom is 0.338 e. The fourth-order valence-electron chi connectivity index (χ4n) is 4.56. The minimum atomic E-state index is -1.95. The lowest BCUT2D eigenvalue weighted by molar-refractivity contribution is 0.0263. The van der Waals surface area contributed by atoms with Crippen LogP contribution in [0.25, 0.3) is 0 Å². The molecule has 3 aromatic rings. The molecule has 326 valence electrons. The molecule has 0 saturated heterocycles. The second kappa shape index (κ2) is 21.9. The summed E-state index contributed by atoms with van der Waals surface area (Å²) in [7, 11) is -3.90. The highest BCUT2D eigenvalue weighted by molar-refractivity contribution is 6.74. The van der Waals surface area contributed by atoms with Crippen LogP contribution >= 0.6 is 0 Å². The van der Waals surface area contributed by atoms with Gasteiger partial charge in [-0.2, -0.15) is 0 Å². The van der Waals surface area contributed by atoms with Gasteiger partial charge in [-0.25, -0.2) is 28.8 Å². The van der Waals surface area contributed by atoms with Crippen LogP contribution in [-0.2, 0) is 37.3 Å². The van der Waals surface area contributed by atoms with E-state index in [2.05, 4.69) is 67.7 Å². The molecule has 0 bridgehead atoms. The van der Waals surface area contributed by atoms with Crippen molar-refractivity contribution in [1.29, 1.82) is 0 Å². The van der Waals surface area contributed by atoms with Crippen LogP contribution in [-0.4, -0.2) is 105 Å². The van der Waals surface area contributed by atoms with Gasteiger partial charge in [-0.15, -0.1) is 0 Å². The number of carbonyl (C=O) groups excluding carboxylic acids is 6. The Balaban J connectivity index is 1.31. The largest absolute Gasteiger partial charge is 0.460 e. The Labute approximate surface area is 354 Å². The minimum absolute atomic E-state index is 0.0446. The summed E-state index contributed by atoms with van der Waals surface area (Å²) in [5.41, 5.74) is 1.24. The van der Waals surface area contributed by atoms with E-state index in [-0.39, 0.29) is 83.1 Å². The molecule has 0 unspecified atom stereocenters. The van der Waals surface area contributed by atoms with Crippen LogP contribution < -0.4 is 0 Å². The van der Waals surface area contributed by atoms with Crippen molar-refractivity contribution in [2.45, 2.75) is 77.8 Å². The van der Waals surface area contributed by atoms with E-state index in [1.807, 2.05) is 0 Å². The van der Waals surface area contributed by atoms with Crippen molar-refractivity contribution in [2.24, 2.45) is 0 Å². The van der Waals surface area contributed by atoms with Crippen molar-refractivity contribution < 1.29 is 66.0 Å². The molecule has 0 amide bonds. The molecule has 16 heteroatoms. The lowest BCUT2D eigenvalue weighted by atomic mass is 10.1. The molecule has 0 aliphatic carbocycles. The van der Waals surface area contributed by atoms with Crippen LogP contribution in [0.3, 0.4) is 0 Å². The highest BCUT2D eigenvalue weighted by atomic mass is 28.4. The molecule has 3 rings (SSSR count).